The highest BCUT2D eigenvalue weighted by Gasteiger charge is 2.64. The molecule has 2 aliphatic heterocycles. The minimum atomic E-state index is -0.790. The highest BCUT2D eigenvalue weighted by molar-refractivity contribution is 5.69. The van der Waals surface area contributed by atoms with Gasteiger partial charge in [0, 0.05) is 12.8 Å². The average Bonchev–Trinajstić information content (AvgIpc) is 2.64. The maximum absolute atomic E-state index is 10.7. The van der Waals surface area contributed by atoms with Crippen LogP contribution in [0.5, 0.6) is 0 Å². The summed E-state index contributed by atoms with van der Waals surface area (Å²) in [6, 6.07) is 0. The summed E-state index contributed by atoms with van der Waals surface area (Å²) in [6.45, 7) is 1.28. The standard InChI is InChI=1S/C10H14O5/c11-8(12)6-9-1-2-10(5-7(9)15-9)13-3-4-14-10/h7H,1-6H2,(H,11,12). The van der Waals surface area contributed by atoms with Gasteiger partial charge in [-0.2, -0.15) is 0 Å². The van der Waals surface area contributed by atoms with Crippen LogP contribution in [0.2, 0.25) is 0 Å². The number of carbonyl (C=O) groups is 1. The molecule has 3 rings (SSSR count). The smallest absolute Gasteiger partial charge is 0.306 e. The number of ether oxygens (including phenoxy) is 3. The van der Waals surface area contributed by atoms with Crippen molar-refractivity contribution in [2.75, 3.05) is 13.2 Å². The SMILES string of the molecule is O=C(O)CC12CCC3(CC1O2)OCCO3. The molecular weight excluding hydrogens is 200 g/mol. The Kier molecular flexibility index (Phi) is 1.87. The molecule has 1 spiro atoms. The summed E-state index contributed by atoms with van der Waals surface area (Å²) in [6.07, 6.45) is 2.27. The lowest BCUT2D eigenvalue weighted by Gasteiger charge is -2.31. The van der Waals surface area contributed by atoms with Crippen LogP contribution in [0, 0.1) is 0 Å². The Morgan fingerprint density at radius 2 is 2.07 bits per heavy atom. The molecule has 2 saturated heterocycles. The Bertz CT molecular complexity index is 296. The number of carboxylic acid groups (broad SMARTS) is 1. The van der Waals surface area contributed by atoms with Crippen LogP contribution in [-0.2, 0) is 19.0 Å². The van der Waals surface area contributed by atoms with Crippen molar-refractivity contribution in [1.82, 2.24) is 0 Å². The molecule has 0 aromatic heterocycles. The van der Waals surface area contributed by atoms with E-state index in [2.05, 4.69) is 0 Å². The lowest BCUT2D eigenvalue weighted by molar-refractivity contribution is -0.176. The van der Waals surface area contributed by atoms with Crippen molar-refractivity contribution in [1.29, 1.82) is 0 Å². The molecule has 5 nitrogen and oxygen atoms in total. The number of rotatable bonds is 2. The topological polar surface area (TPSA) is 68.3 Å². The maximum atomic E-state index is 10.7. The van der Waals surface area contributed by atoms with Gasteiger partial charge < -0.3 is 19.3 Å². The first-order chi connectivity index (χ1) is 7.14. The van der Waals surface area contributed by atoms with Gasteiger partial charge in [-0.15, -0.1) is 0 Å². The van der Waals surface area contributed by atoms with Gasteiger partial charge in [0.2, 0.25) is 0 Å². The van der Waals surface area contributed by atoms with Gasteiger partial charge in [-0.25, -0.2) is 0 Å². The zero-order valence-corrected chi connectivity index (χ0v) is 8.40. The molecule has 1 aliphatic carbocycles. The molecule has 2 heterocycles. The summed E-state index contributed by atoms with van der Waals surface area (Å²) in [7, 11) is 0. The fraction of sp³-hybridized carbons (Fsp3) is 0.900. The van der Waals surface area contributed by atoms with Gasteiger partial charge in [-0.1, -0.05) is 0 Å². The molecule has 0 radical (unpaired) electrons. The predicted octanol–water partition coefficient (Wildman–Crippen LogP) is 0.526. The van der Waals surface area contributed by atoms with Crippen LogP contribution in [0.4, 0.5) is 0 Å². The van der Waals surface area contributed by atoms with E-state index >= 15 is 0 Å². The molecule has 1 saturated carbocycles. The monoisotopic (exact) mass is 214 g/mol. The third-order valence-electron chi connectivity index (χ3n) is 3.60. The third kappa shape index (κ3) is 1.46. The lowest BCUT2D eigenvalue weighted by Crippen LogP contribution is -2.40. The Morgan fingerprint density at radius 3 is 2.67 bits per heavy atom. The second kappa shape index (κ2) is 2.93. The first-order valence-electron chi connectivity index (χ1n) is 5.32. The molecule has 3 fully saturated rings. The molecule has 2 atom stereocenters. The molecule has 3 aliphatic rings. The summed E-state index contributed by atoms with van der Waals surface area (Å²) in [4.78, 5) is 10.7. The molecule has 5 heteroatoms. The summed E-state index contributed by atoms with van der Waals surface area (Å²) in [5.74, 6) is -1.26. The zero-order chi connectivity index (χ0) is 10.5. The summed E-state index contributed by atoms with van der Waals surface area (Å²) < 4.78 is 16.7. The normalized spacial score (nSPS) is 41.5. The van der Waals surface area contributed by atoms with E-state index in [-0.39, 0.29) is 12.5 Å². The van der Waals surface area contributed by atoms with Crippen LogP contribution in [0.3, 0.4) is 0 Å². The van der Waals surface area contributed by atoms with Crippen LogP contribution in [-0.4, -0.2) is 41.8 Å². The van der Waals surface area contributed by atoms with Gasteiger partial charge in [0.1, 0.15) is 5.60 Å². The number of epoxide rings is 1. The van der Waals surface area contributed by atoms with E-state index in [0.717, 1.165) is 12.8 Å². The second-order valence-electron chi connectivity index (χ2n) is 4.55. The molecule has 0 bridgehead atoms. The largest absolute Gasteiger partial charge is 0.481 e. The van der Waals surface area contributed by atoms with E-state index in [4.69, 9.17) is 19.3 Å². The number of hydrogen-bond acceptors (Lipinski definition) is 4. The minimum absolute atomic E-state index is 0.0143. The Morgan fingerprint density at radius 1 is 1.33 bits per heavy atom. The average molecular weight is 214 g/mol. The molecule has 0 amide bonds. The van der Waals surface area contributed by atoms with Gasteiger partial charge >= 0.3 is 5.97 Å². The molecule has 0 aromatic carbocycles. The summed E-state index contributed by atoms with van der Waals surface area (Å²) in [5, 5.41) is 8.77. The van der Waals surface area contributed by atoms with Crippen LogP contribution < -0.4 is 0 Å². The van der Waals surface area contributed by atoms with E-state index in [1.54, 1.807) is 0 Å². The van der Waals surface area contributed by atoms with Gasteiger partial charge in [-0.05, 0) is 6.42 Å². The number of aliphatic carboxylic acids is 1. The molecular formula is C10H14O5. The Hall–Kier alpha value is -0.650. The van der Waals surface area contributed by atoms with Gasteiger partial charge in [0.25, 0.3) is 0 Å². The van der Waals surface area contributed by atoms with Crippen molar-refractivity contribution in [2.24, 2.45) is 0 Å². The number of carboxylic acids is 1. The van der Waals surface area contributed by atoms with E-state index in [1.807, 2.05) is 0 Å². The maximum Gasteiger partial charge on any atom is 0.306 e. The van der Waals surface area contributed by atoms with E-state index in [9.17, 15) is 4.79 Å². The molecule has 2 unspecified atom stereocenters. The van der Waals surface area contributed by atoms with Crippen LogP contribution in [0.25, 0.3) is 0 Å². The lowest BCUT2D eigenvalue weighted by atomic mass is 9.83. The van der Waals surface area contributed by atoms with Gasteiger partial charge in [-0.3, -0.25) is 4.79 Å². The van der Waals surface area contributed by atoms with E-state index < -0.39 is 17.4 Å². The third-order valence-corrected chi connectivity index (χ3v) is 3.60. The van der Waals surface area contributed by atoms with E-state index in [0.29, 0.717) is 19.6 Å². The highest BCUT2D eigenvalue weighted by Crippen LogP contribution is 2.54. The second-order valence-corrected chi connectivity index (χ2v) is 4.55. The van der Waals surface area contributed by atoms with Crippen molar-refractivity contribution < 1.29 is 24.1 Å². The first kappa shape index (κ1) is 9.57. The van der Waals surface area contributed by atoms with Crippen LogP contribution in [0.1, 0.15) is 25.7 Å². The summed E-state index contributed by atoms with van der Waals surface area (Å²) >= 11 is 0. The predicted molar refractivity (Wildman–Crippen MR) is 48.3 cm³/mol. The molecule has 84 valence electrons. The van der Waals surface area contributed by atoms with Crippen molar-refractivity contribution in [3.05, 3.63) is 0 Å². The quantitative estimate of drug-likeness (QED) is 0.679. The molecule has 0 aromatic rings. The van der Waals surface area contributed by atoms with Crippen molar-refractivity contribution in [3.8, 4) is 0 Å². The molecule has 1 N–H and O–H groups in total. The molecule has 15 heavy (non-hydrogen) atoms. The highest BCUT2D eigenvalue weighted by atomic mass is 16.7. The van der Waals surface area contributed by atoms with Crippen LogP contribution >= 0.6 is 0 Å². The summed E-state index contributed by atoms with van der Waals surface area (Å²) in [5.41, 5.74) is -0.410. The Labute approximate surface area is 87.3 Å². The van der Waals surface area contributed by atoms with Crippen molar-refractivity contribution in [3.63, 3.8) is 0 Å². The van der Waals surface area contributed by atoms with Crippen molar-refractivity contribution in [2.45, 2.75) is 43.2 Å². The van der Waals surface area contributed by atoms with Gasteiger partial charge in [0.15, 0.2) is 5.79 Å². The number of fused-ring (bicyclic) bond motifs is 1. The fourth-order valence-corrected chi connectivity index (χ4v) is 2.74. The van der Waals surface area contributed by atoms with Gasteiger partial charge in [0.05, 0.1) is 25.7 Å². The van der Waals surface area contributed by atoms with E-state index in [1.165, 1.54) is 0 Å². The number of hydrogen-bond donors (Lipinski definition) is 1. The van der Waals surface area contributed by atoms with Crippen LogP contribution in [0.15, 0.2) is 0 Å². The Balaban J connectivity index is 1.67. The fourth-order valence-electron chi connectivity index (χ4n) is 2.74. The minimum Gasteiger partial charge on any atom is -0.481 e. The first-order valence-corrected chi connectivity index (χ1v) is 5.32. The zero-order valence-electron chi connectivity index (χ0n) is 8.40. The van der Waals surface area contributed by atoms with Crippen molar-refractivity contribution >= 4 is 5.97 Å².